The number of nitrogen functional groups attached to an aromatic ring is 1. The van der Waals surface area contributed by atoms with Crippen LogP contribution in [0.2, 0.25) is 0 Å². The topological polar surface area (TPSA) is 143 Å². The molecule has 3 aromatic carbocycles. The van der Waals surface area contributed by atoms with Gasteiger partial charge in [-0.3, -0.25) is 4.90 Å². The van der Waals surface area contributed by atoms with Crippen LogP contribution in [-0.2, 0) is 22.6 Å². The molecule has 2 aromatic heterocycles. The summed E-state index contributed by atoms with van der Waals surface area (Å²) in [5, 5.41) is 15.3. The van der Waals surface area contributed by atoms with E-state index in [9.17, 15) is 4.79 Å². The SMILES string of the molecule is COCOc1ccccc1-c1cc(C2CNCCN2Cc2ccc(N3CCN(c4cc(-c5scnc5C)ccc4CNC(=O)OC(C)(C)C)CC3)cc2)c(N)nn1. The van der Waals surface area contributed by atoms with Crippen LogP contribution in [0.1, 0.15) is 49.2 Å². The first-order valence-electron chi connectivity index (χ1n) is 19.4. The second-order valence-electron chi connectivity index (χ2n) is 15.4. The van der Waals surface area contributed by atoms with E-state index >= 15 is 0 Å². The maximum absolute atomic E-state index is 12.6. The number of para-hydroxylation sites is 1. The number of thiazole rings is 1. The second-order valence-corrected chi connectivity index (χ2v) is 16.3. The number of aryl methyl sites for hydroxylation is 1. The summed E-state index contributed by atoms with van der Waals surface area (Å²) >= 11 is 1.65. The zero-order valence-electron chi connectivity index (χ0n) is 33.5. The molecule has 2 fully saturated rings. The molecule has 4 heterocycles. The number of alkyl carbamates (subject to hydrolysis) is 1. The standard InChI is InChI=1S/C43H53N9O4S/c1-29-40(57-27-47-29)31-12-13-32(24-46-42(53)56-43(2,3)4)37(22-31)51-20-18-50(19-21-51)33-14-10-30(11-15-33)26-52-17-16-45-25-38(52)35-23-36(48-49-41(35)44)34-8-6-7-9-39(34)55-28-54-5/h6-15,22-23,27,38,45H,16-21,24-26,28H2,1-5H3,(H2,44,49)(H,46,53). The molecular weight excluding hydrogens is 739 g/mol. The zero-order valence-corrected chi connectivity index (χ0v) is 34.3. The molecule has 0 saturated carbocycles. The lowest BCUT2D eigenvalue weighted by atomic mass is 10.0. The summed E-state index contributed by atoms with van der Waals surface area (Å²) in [6.45, 7) is 14.9. The summed E-state index contributed by atoms with van der Waals surface area (Å²) in [5.41, 5.74) is 17.1. The van der Waals surface area contributed by atoms with Crippen LogP contribution in [0.4, 0.5) is 22.0 Å². The number of hydrogen-bond acceptors (Lipinski definition) is 13. The number of hydrogen-bond donors (Lipinski definition) is 3. The maximum atomic E-state index is 12.6. The molecule has 7 rings (SSSR count). The predicted octanol–water partition coefficient (Wildman–Crippen LogP) is 6.64. The van der Waals surface area contributed by atoms with Gasteiger partial charge < -0.3 is 40.4 Å². The minimum absolute atomic E-state index is 0.0236. The molecule has 5 aromatic rings. The molecule has 2 aliphatic rings. The number of piperazine rings is 2. The van der Waals surface area contributed by atoms with Crippen molar-refractivity contribution in [3.63, 3.8) is 0 Å². The number of nitrogens with zero attached hydrogens (tertiary/aromatic N) is 6. The van der Waals surface area contributed by atoms with Crippen molar-refractivity contribution in [1.82, 2.24) is 30.7 Å². The average molecular weight is 792 g/mol. The minimum Gasteiger partial charge on any atom is -0.467 e. The Morgan fingerprint density at radius 2 is 1.75 bits per heavy atom. The lowest BCUT2D eigenvalue weighted by molar-refractivity contribution is 0.0513. The number of carbonyl (C=O) groups is 1. The Morgan fingerprint density at radius 1 is 0.982 bits per heavy atom. The number of methoxy groups -OCH3 is 1. The number of ether oxygens (including phenoxy) is 3. The third kappa shape index (κ3) is 9.82. The van der Waals surface area contributed by atoms with E-state index in [4.69, 9.17) is 19.9 Å². The van der Waals surface area contributed by atoms with Crippen LogP contribution in [0.15, 0.2) is 78.3 Å². The first-order valence-corrected chi connectivity index (χ1v) is 20.3. The highest BCUT2D eigenvalue weighted by Gasteiger charge is 2.28. The first-order chi connectivity index (χ1) is 27.6. The van der Waals surface area contributed by atoms with Crippen molar-refractivity contribution in [2.75, 3.05) is 75.2 Å². The molecule has 1 atom stereocenters. The third-order valence-electron chi connectivity index (χ3n) is 10.3. The molecule has 2 saturated heterocycles. The average Bonchev–Trinajstić information content (AvgIpc) is 3.65. The van der Waals surface area contributed by atoms with Crippen LogP contribution >= 0.6 is 11.3 Å². The van der Waals surface area contributed by atoms with Gasteiger partial charge in [-0.2, -0.15) is 0 Å². The van der Waals surface area contributed by atoms with Crippen molar-refractivity contribution in [2.45, 2.75) is 52.4 Å². The number of benzene rings is 3. The number of carbonyl (C=O) groups excluding carboxylic acids is 1. The van der Waals surface area contributed by atoms with Gasteiger partial charge in [0.1, 0.15) is 11.4 Å². The molecule has 0 spiro atoms. The van der Waals surface area contributed by atoms with Gasteiger partial charge in [0, 0.05) is 88.5 Å². The zero-order chi connectivity index (χ0) is 39.9. The van der Waals surface area contributed by atoms with E-state index in [1.54, 1.807) is 18.4 Å². The second kappa shape index (κ2) is 17.9. The summed E-state index contributed by atoms with van der Waals surface area (Å²) in [5.74, 6) is 1.11. The third-order valence-corrected chi connectivity index (χ3v) is 11.3. The van der Waals surface area contributed by atoms with E-state index in [1.807, 2.05) is 63.5 Å². The van der Waals surface area contributed by atoms with Crippen molar-refractivity contribution >= 4 is 34.6 Å². The highest BCUT2D eigenvalue weighted by molar-refractivity contribution is 7.13. The van der Waals surface area contributed by atoms with E-state index in [0.717, 1.165) is 90.9 Å². The molecule has 57 heavy (non-hydrogen) atoms. The fourth-order valence-electron chi connectivity index (χ4n) is 7.44. The Labute approximate surface area is 339 Å². The number of nitrogens with one attached hydrogen (secondary N) is 2. The number of amides is 1. The summed E-state index contributed by atoms with van der Waals surface area (Å²) < 4.78 is 16.5. The molecular formula is C43H53N9O4S. The van der Waals surface area contributed by atoms with Gasteiger partial charge in [-0.05, 0) is 80.8 Å². The van der Waals surface area contributed by atoms with Crippen molar-refractivity contribution < 1.29 is 19.0 Å². The predicted molar refractivity (Wildman–Crippen MR) is 227 cm³/mol. The monoisotopic (exact) mass is 791 g/mol. The molecule has 4 N–H and O–H groups in total. The smallest absolute Gasteiger partial charge is 0.407 e. The highest BCUT2D eigenvalue weighted by Crippen LogP contribution is 2.35. The lowest BCUT2D eigenvalue weighted by Crippen LogP contribution is -2.47. The van der Waals surface area contributed by atoms with Crippen LogP contribution in [0, 0.1) is 6.92 Å². The van der Waals surface area contributed by atoms with Crippen molar-refractivity contribution in [1.29, 1.82) is 0 Å². The largest absolute Gasteiger partial charge is 0.467 e. The van der Waals surface area contributed by atoms with E-state index < -0.39 is 11.7 Å². The van der Waals surface area contributed by atoms with E-state index in [2.05, 4.69) is 83.0 Å². The number of aromatic nitrogens is 3. The highest BCUT2D eigenvalue weighted by atomic mass is 32.1. The Hall–Kier alpha value is -5.28. The summed E-state index contributed by atoms with van der Waals surface area (Å²) in [6, 6.07) is 25.3. The fourth-order valence-corrected chi connectivity index (χ4v) is 8.25. The van der Waals surface area contributed by atoms with Crippen LogP contribution in [0.5, 0.6) is 5.75 Å². The van der Waals surface area contributed by atoms with E-state index in [-0.39, 0.29) is 12.8 Å². The van der Waals surface area contributed by atoms with Gasteiger partial charge in [-0.25, -0.2) is 9.78 Å². The quantitative estimate of drug-likeness (QED) is 0.117. The first kappa shape index (κ1) is 39.9. The lowest BCUT2D eigenvalue weighted by Gasteiger charge is -2.39. The summed E-state index contributed by atoms with van der Waals surface area (Å²) in [4.78, 5) is 25.5. The van der Waals surface area contributed by atoms with Crippen LogP contribution in [0.3, 0.4) is 0 Å². The molecule has 0 bridgehead atoms. The van der Waals surface area contributed by atoms with E-state index in [1.165, 1.54) is 11.3 Å². The number of anilines is 3. The van der Waals surface area contributed by atoms with Crippen molar-refractivity contribution in [3.8, 4) is 27.4 Å². The van der Waals surface area contributed by atoms with Gasteiger partial charge in [0.25, 0.3) is 0 Å². The minimum atomic E-state index is -0.562. The van der Waals surface area contributed by atoms with Crippen LogP contribution < -0.4 is 30.9 Å². The fraction of sp³-hybridized carbons (Fsp3) is 0.395. The van der Waals surface area contributed by atoms with Gasteiger partial charge in [0.2, 0.25) is 0 Å². The molecule has 1 amide bonds. The molecule has 2 aliphatic heterocycles. The number of rotatable bonds is 12. The Morgan fingerprint density at radius 3 is 2.49 bits per heavy atom. The van der Waals surface area contributed by atoms with Gasteiger partial charge in [0.05, 0.1) is 27.8 Å². The van der Waals surface area contributed by atoms with Crippen molar-refractivity contribution in [3.05, 3.63) is 101 Å². The Balaban J connectivity index is 1.02. The van der Waals surface area contributed by atoms with Gasteiger partial charge in [-0.15, -0.1) is 21.5 Å². The normalized spacial score (nSPS) is 16.4. The van der Waals surface area contributed by atoms with E-state index in [0.29, 0.717) is 23.8 Å². The summed E-state index contributed by atoms with van der Waals surface area (Å²) in [7, 11) is 1.60. The van der Waals surface area contributed by atoms with Crippen molar-refractivity contribution in [2.24, 2.45) is 0 Å². The molecule has 14 heteroatoms. The van der Waals surface area contributed by atoms with Crippen LogP contribution in [0.25, 0.3) is 21.7 Å². The summed E-state index contributed by atoms with van der Waals surface area (Å²) in [6.07, 6.45) is -0.421. The molecule has 0 radical (unpaired) electrons. The van der Waals surface area contributed by atoms with Gasteiger partial charge >= 0.3 is 6.09 Å². The molecule has 300 valence electrons. The van der Waals surface area contributed by atoms with Crippen LogP contribution in [-0.4, -0.2) is 91.5 Å². The van der Waals surface area contributed by atoms with Gasteiger partial charge in [-0.1, -0.05) is 36.4 Å². The van der Waals surface area contributed by atoms with Gasteiger partial charge in [0.15, 0.2) is 12.6 Å². The Bertz CT molecular complexity index is 2130. The number of nitrogens with two attached hydrogens (primary N) is 1. The Kier molecular flexibility index (Phi) is 12.5. The molecule has 1 unspecified atom stereocenters. The molecule has 0 aliphatic carbocycles. The maximum Gasteiger partial charge on any atom is 0.407 e. The molecule has 13 nitrogen and oxygen atoms in total.